The molecule has 9 N–H and O–H groups in total. The summed E-state index contributed by atoms with van der Waals surface area (Å²) in [6.45, 7) is 2.84. The van der Waals surface area contributed by atoms with E-state index in [1.165, 1.54) is 315 Å². The van der Waals surface area contributed by atoms with Gasteiger partial charge in [-0.15, -0.1) is 0 Å². The summed E-state index contributed by atoms with van der Waals surface area (Å²) in [5.41, 5.74) is 0. The lowest BCUT2D eigenvalue weighted by atomic mass is 9.97. The van der Waals surface area contributed by atoms with Crippen molar-refractivity contribution in [3.8, 4) is 0 Å². The molecule has 2 heterocycles. The summed E-state index contributed by atoms with van der Waals surface area (Å²) < 4.78 is 22.9. The summed E-state index contributed by atoms with van der Waals surface area (Å²) in [5, 5.41) is 87.7. The Labute approximate surface area is 607 Å². The number of unbranched alkanes of at least 4 members (excludes halogenated alkanes) is 53. The first-order valence-electron chi connectivity index (χ1n) is 42.4. The fourth-order valence-corrected chi connectivity index (χ4v) is 14.0. The molecule has 0 aromatic carbocycles. The molecule has 0 radical (unpaired) electrons. The van der Waals surface area contributed by atoms with Gasteiger partial charge >= 0.3 is 0 Å². The molecule has 0 saturated carbocycles. The van der Waals surface area contributed by atoms with E-state index < -0.39 is 86.8 Å². The van der Waals surface area contributed by atoms with Crippen LogP contribution in [0, 0.1) is 0 Å². The molecule has 582 valence electrons. The van der Waals surface area contributed by atoms with Gasteiger partial charge in [-0.2, -0.15) is 0 Å². The molecule has 12 unspecified atom stereocenters. The Bertz CT molecular complexity index is 1850. The average molecular weight is 1400 g/mol. The van der Waals surface area contributed by atoms with Crippen LogP contribution in [-0.2, 0) is 23.7 Å². The minimum Gasteiger partial charge on any atom is -0.394 e. The van der Waals surface area contributed by atoms with Crippen LogP contribution in [0.3, 0.4) is 0 Å². The number of hydrogen-bond donors (Lipinski definition) is 9. The van der Waals surface area contributed by atoms with Crippen LogP contribution in [0.1, 0.15) is 393 Å². The van der Waals surface area contributed by atoms with Crippen LogP contribution >= 0.6 is 0 Å². The molecule has 12 atom stereocenters. The van der Waals surface area contributed by atoms with Gasteiger partial charge in [-0.25, -0.2) is 0 Å². The third-order valence-electron chi connectivity index (χ3n) is 20.7. The minimum atomic E-state index is -1.79. The highest BCUT2D eigenvalue weighted by Crippen LogP contribution is 2.30. The molecule has 0 bridgehead atoms. The molecule has 2 rings (SSSR count). The summed E-state index contributed by atoms with van der Waals surface area (Å²) in [6.07, 6.45) is 76.5. The van der Waals surface area contributed by atoms with E-state index in [1.54, 1.807) is 6.08 Å². The van der Waals surface area contributed by atoms with Gasteiger partial charge in [0.15, 0.2) is 12.6 Å². The number of aliphatic hydroxyl groups is 8. The number of nitrogens with one attached hydrogen (secondary N) is 1. The largest absolute Gasteiger partial charge is 0.394 e. The molecule has 2 saturated heterocycles. The monoisotopic (exact) mass is 1400 g/mol. The van der Waals surface area contributed by atoms with Crippen LogP contribution in [0.15, 0.2) is 48.6 Å². The molecule has 2 aliphatic heterocycles. The van der Waals surface area contributed by atoms with Gasteiger partial charge in [0.1, 0.15) is 48.8 Å². The number of rotatable bonds is 72. The second-order valence-corrected chi connectivity index (χ2v) is 29.9. The Morgan fingerprint density at radius 2 is 0.646 bits per heavy atom. The highest BCUT2D eigenvalue weighted by molar-refractivity contribution is 5.76. The lowest BCUT2D eigenvalue weighted by Gasteiger charge is -2.46. The van der Waals surface area contributed by atoms with Crippen molar-refractivity contribution in [2.45, 2.75) is 466 Å². The summed E-state index contributed by atoms with van der Waals surface area (Å²) in [6, 6.07) is -0.939. The Morgan fingerprint density at radius 1 is 0.354 bits per heavy atom. The van der Waals surface area contributed by atoms with E-state index in [1.807, 2.05) is 6.08 Å². The molecule has 1 amide bonds. The molecule has 0 aliphatic carbocycles. The third-order valence-corrected chi connectivity index (χ3v) is 20.7. The summed E-state index contributed by atoms with van der Waals surface area (Å²) in [7, 11) is 0. The zero-order valence-electron chi connectivity index (χ0n) is 64.0. The highest BCUT2D eigenvalue weighted by atomic mass is 16.7. The number of ether oxygens (including phenoxy) is 4. The molecule has 0 aromatic heterocycles. The van der Waals surface area contributed by atoms with Crippen molar-refractivity contribution in [2.24, 2.45) is 0 Å². The lowest BCUT2D eigenvalue weighted by molar-refractivity contribution is -0.359. The standard InChI is InChI=1S/C85H159NO13/c1-3-5-7-9-11-13-15-17-19-21-23-25-27-29-31-32-33-34-35-36-37-38-39-40-41-42-43-45-47-49-51-53-55-57-59-61-63-65-67-69-77(90)86-73(72-96-84-82(95)80(93)83(76(71-88)98-84)99-85-81(94)79(92)78(91)75(70-87)97-85)74(89)68-66-64-62-60-58-56-54-52-50-48-46-44-30-28-26-24-22-20-18-16-14-12-10-8-6-4-2/h21,23,50,52,58,60,66,68,73-76,78-85,87-89,91-95H,3-20,22,24-49,51,53-57,59,61-65,67,69-72H2,1-2H3,(H,86,90)/b23-21-,52-50+,60-58+,68-66+. The third kappa shape index (κ3) is 51.7. The predicted molar refractivity (Wildman–Crippen MR) is 411 cm³/mol. The minimum absolute atomic E-state index is 0.245. The molecular weight excluding hydrogens is 1240 g/mol. The van der Waals surface area contributed by atoms with E-state index in [4.69, 9.17) is 18.9 Å². The lowest BCUT2D eigenvalue weighted by Crippen LogP contribution is -2.65. The quantitative estimate of drug-likeness (QED) is 0.0204. The van der Waals surface area contributed by atoms with E-state index in [0.29, 0.717) is 12.8 Å². The van der Waals surface area contributed by atoms with Gasteiger partial charge in [0.05, 0.1) is 32.0 Å². The van der Waals surface area contributed by atoms with E-state index in [-0.39, 0.29) is 18.9 Å². The van der Waals surface area contributed by atoms with Crippen molar-refractivity contribution in [2.75, 3.05) is 19.8 Å². The molecule has 2 fully saturated rings. The second kappa shape index (κ2) is 69.0. The zero-order chi connectivity index (χ0) is 71.5. The van der Waals surface area contributed by atoms with Crippen LogP contribution < -0.4 is 5.32 Å². The molecule has 2 aliphatic rings. The Kier molecular flexibility index (Phi) is 64.9. The van der Waals surface area contributed by atoms with Crippen molar-refractivity contribution < 1.29 is 64.6 Å². The maximum Gasteiger partial charge on any atom is 0.220 e. The maximum absolute atomic E-state index is 13.4. The number of amides is 1. The van der Waals surface area contributed by atoms with Gasteiger partial charge in [-0.3, -0.25) is 4.79 Å². The normalized spacial score (nSPS) is 22.1. The molecule has 14 heteroatoms. The second-order valence-electron chi connectivity index (χ2n) is 29.9. The van der Waals surface area contributed by atoms with E-state index in [2.05, 4.69) is 55.6 Å². The van der Waals surface area contributed by atoms with Crippen LogP contribution in [0.4, 0.5) is 0 Å². The van der Waals surface area contributed by atoms with Crippen molar-refractivity contribution in [3.05, 3.63) is 48.6 Å². The van der Waals surface area contributed by atoms with Gasteiger partial charge in [0.25, 0.3) is 0 Å². The summed E-state index contributed by atoms with van der Waals surface area (Å²) >= 11 is 0. The van der Waals surface area contributed by atoms with Crippen molar-refractivity contribution in [3.63, 3.8) is 0 Å². The molecule has 99 heavy (non-hydrogen) atoms. The SMILES string of the molecule is CCCCCCCCCC/C=C\CCCCCCCCCCCCCCCCCCCCCCCCCCCCCC(=O)NC(COC1OC(CO)C(OC2OC(CO)C(O)C(O)C2O)C(O)C1O)C(O)/C=C/CC/C=C/CC/C=C/CCCCCCCCCCCCCCCCCC. The summed E-state index contributed by atoms with van der Waals surface area (Å²) in [5.74, 6) is -0.245. The molecular formula is C85H159NO13. The fraction of sp³-hybridized carbons (Fsp3) is 0.894. The first-order valence-corrected chi connectivity index (χ1v) is 42.4. The van der Waals surface area contributed by atoms with E-state index in [0.717, 1.165) is 44.9 Å². The van der Waals surface area contributed by atoms with Gasteiger partial charge in [0, 0.05) is 6.42 Å². The predicted octanol–water partition coefficient (Wildman–Crippen LogP) is 19.8. The number of hydrogen-bond acceptors (Lipinski definition) is 13. The number of aliphatic hydroxyl groups excluding tert-OH is 8. The Hall–Kier alpha value is -2.05. The summed E-state index contributed by atoms with van der Waals surface area (Å²) in [4.78, 5) is 13.4. The van der Waals surface area contributed by atoms with Crippen LogP contribution in [-0.4, -0.2) is 140 Å². The average Bonchev–Trinajstić information content (AvgIpc) is 0.794. The van der Waals surface area contributed by atoms with Crippen LogP contribution in [0.2, 0.25) is 0 Å². The Balaban J connectivity index is 1.58. The van der Waals surface area contributed by atoms with Crippen molar-refractivity contribution >= 4 is 5.91 Å². The maximum atomic E-state index is 13.4. The van der Waals surface area contributed by atoms with E-state index in [9.17, 15) is 45.6 Å². The number of allylic oxidation sites excluding steroid dienone is 7. The topological polar surface area (TPSA) is 228 Å². The van der Waals surface area contributed by atoms with E-state index >= 15 is 0 Å². The zero-order valence-corrected chi connectivity index (χ0v) is 64.0. The molecule has 14 nitrogen and oxygen atoms in total. The highest BCUT2D eigenvalue weighted by Gasteiger charge is 2.51. The van der Waals surface area contributed by atoms with Gasteiger partial charge in [0.2, 0.25) is 5.91 Å². The first-order chi connectivity index (χ1) is 48.6. The number of carbonyl (C=O) groups excluding carboxylic acids is 1. The van der Waals surface area contributed by atoms with Crippen molar-refractivity contribution in [1.82, 2.24) is 5.32 Å². The number of carbonyl (C=O) groups is 1. The van der Waals surface area contributed by atoms with Crippen LogP contribution in [0.5, 0.6) is 0 Å². The van der Waals surface area contributed by atoms with Crippen LogP contribution in [0.25, 0.3) is 0 Å². The fourth-order valence-electron chi connectivity index (χ4n) is 14.0. The molecule has 0 spiro atoms. The van der Waals surface area contributed by atoms with Crippen molar-refractivity contribution in [1.29, 1.82) is 0 Å². The van der Waals surface area contributed by atoms with Gasteiger partial charge < -0.3 is 65.1 Å². The van der Waals surface area contributed by atoms with Gasteiger partial charge in [-0.05, 0) is 70.6 Å². The molecule has 0 aromatic rings. The first kappa shape index (κ1) is 93.0. The smallest absolute Gasteiger partial charge is 0.220 e. The Morgan fingerprint density at radius 3 is 0.990 bits per heavy atom. The van der Waals surface area contributed by atoms with Gasteiger partial charge in [-0.1, -0.05) is 364 Å².